The predicted molar refractivity (Wildman–Crippen MR) is 98.6 cm³/mol. The van der Waals surface area contributed by atoms with Crippen LogP contribution in [0, 0.1) is 19.7 Å². The quantitative estimate of drug-likeness (QED) is 0.572. The van der Waals surface area contributed by atoms with E-state index in [4.69, 9.17) is 27.9 Å². The van der Waals surface area contributed by atoms with Gasteiger partial charge in [0.25, 0.3) is 0 Å². The molecule has 0 atom stereocenters. The van der Waals surface area contributed by atoms with Crippen LogP contribution in [0.2, 0.25) is 10.0 Å². The average molecular weight is 393 g/mol. The molecule has 26 heavy (non-hydrogen) atoms. The molecule has 0 bridgehead atoms. The van der Waals surface area contributed by atoms with Gasteiger partial charge in [0, 0.05) is 5.56 Å². The molecular weight excluding hydrogens is 378 g/mol. The van der Waals surface area contributed by atoms with Crippen LogP contribution in [0.4, 0.5) is 4.39 Å². The van der Waals surface area contributed by atoms with Gasteiger partial charge in [-0.1, -0.05) is 41.4 Å². The summed E-state index contributed by atoms with van der Waals surface area (Å²) in [7, 11) is 0. The summed E-state index contributed by atoms with van der Waals surface area (Å²) in [4.78, 5) is 12.4. The molecule has 0 saturated carbocycles. The van der Waals surface area contributed by atoms with E-state index in [-0.39, 0.29) is 11.4 Å². The zero-order chi connectivity index (χ0) is 18.8. The Kier molecular flexibility index (Phi) is 5.30. The zero-order valence-electron chi connectivity index (χ0n) is 14.1. The fourth-order valence-electron chi connectivity index (χ4n) is 2.47. The van der Waals surface area contributed by atoms with E-state index in [0.29, 0.717) is 27.8 Å². The second-order valence-electron chi connectivity index (χ2n) is 5.79. The third-order valence-corrected chi connectivity index (χ3v) is 4.71. The Labute approximate surface area is 160 Å². The molecule has 0 spiro atoms. The van der Waals surface area contributed by atoms with Gasteiger partial charge in [0.05, 0.1) is 27.8 Å². The lowest BCUT2D eigenvalue weighted by Crippen LogP contribution is -2.15. The third-order valence-electron chi connectivity index (χ3n) is 3.97. The number of hydrogen-bond donors (Lipinski definition) is 0. The van der Waals surface area contributed by atoms with Gasteiger partial charge in [0.1, 0.15) is 5.82 Å². The van der Waals surface area contributed by atoms with E-state index in [1.165, 1.54) is 18.2 Å². The number of aromatic nitrogens is 2. The van der Waals surface area contributed by atoms with Gasteiger partial charge in [-0.3, -0.25) is 0 Å². The van der Waals surface area contributed by atoms with Gasteiger partial charge in [-0.25, -0.2) is 13.9 Å². The standard InChI is InChI=1S/C19H15Cl2FN2O2/c1-11-12(2)23-24(10-13-7-8-15(20)16(21)9-13)18(11)26-19(25)14-5-3-4-6-17(14)22/h3-9H,10H2,1-2H3. The molecule has 0 amide bonds. The van der Waals surface area contributed by atoms with E-state index in [2.05, 4.69) is 5.10 Å². The number of carbonyl (C=O) groups is 1. The van der Waals surface area contributed by atoms with E-state index < -0.39 is 11.8 Å². The van der Waals surface area contributed by atoms with Crippen molar-refractivity contribution < 1.29 is 13.9 Å². The number of nitrogens with zero attached hydrogens (tertiary/aromatic N) is 2. The largest absolute Gasteiger partial charge is 0.404 e. The molecule has 0 aliphatic rings. The maximum Gasteiger partial charge on any atom is 0.347 e. The van der Waals surface area contributed by atoms with E-state index in [1.54, 1.807) is 36.7 Å². The fourth-order valence-corrected chi connectivity index (χ4v) is 2.79. The number of carbonyl (C=O) groups excluding carboxylic acids is 1. The minimum atomic E-state index is -0.776. The molecule has 0 radical (unpaired) electrons. The van der Waals surface area contributed by atoms with Crippen LogP contribution >= 0.6 is 23.2 Å². The fraction of sp³-hybridized carbons (Fsp3) is 0.158. The molecule has 3 aromatic rings. The van der Waals surface area contributed by atoms with Crippen molar-refractivity contribution in [1.29, 1.82) is 0 Å². The molecule has 0 aliphatic carbocycles. The van der Waals surface area contributed by atoms with Crippen LogP contribution in [0.15, 0.2) is 42.5 Å². The first-order valence-corrected chi connectivity index (χ1v) is 8.57. The highest BCUT2D eigenvalue weighted by Gasteiger charge is 2.20. The Morgan fingerprint density at radius 1 is 1.15 bits per heavy atom. The van der Waals surface area contributed by atoms with Gasteiger partial charge in [0.15, 0.2) is 0 Å². The van der Waals surface area contributed by atoms with Gasteiger partial charge in [-0.05, 0) is 43.7 Å². The van der Waals surface area contributed by atoms with Crippen molar-refractivity contribution in [2.24, 2.45) is 0 Å². The summed E-state index contributed by atoms with van der Waals surface area (Å²) in [5.41, 5.74) is 2.12. The van der Waals surface area contributed by atoms with Crippen LogP contribution in [0.1, 0.15) is 27.2 Å². The lowest BCUT2D eigenvalue weighted by atomic mass is 10.2. The average Bonchev–Trinajstić information content (AvgIpc) is 2.86. The molecule has 3 rings (SSSR count). The third kappa shape index (κ3) is 3.74. The van der Waals surface area contributed by atoms with Crippen LogP contribution in [0.3, 0.4) is 0 Å². The molecule has 0 fully saturated rings. The number of rotatable bonds is 4. The zero-order valence-corrected chi connectivity index (χ0v) is 15.6. The monoisotopic (exact) mass is 392 g/mol. The van der Waals surface area contributed by atoms with Crippen molar-refractivity contribution in [1.82, 2.24) is 9.78 Å². The van der Waals surface area contributed by atoms with E-state index in [1.807, 2.05) is 6.07 Å². The molecule has 0 saturated heterocycles. The molecule has 1 heterocycles. The highest BCUT2D eigenvalue weighted by atomic mass is 35.5. The van der Waals surface area contributed by atoms with Crippen molar-refractivity contribution in [2.45, 2.75) is 20.4 Å². The first kappa shape index (κ1) is 18.4. The van der Waals surface area contributed by atoms with Gasteiger partial charge in [0.2, 0.25) is 5.88 Å². The van der Waals surface area contributed by atoms with Gasteiger partial charge in [-0.2, -0.15) is 5.10 Å². The normalized spacial score (nSPS) is 10.8. The number of ether oxygens (including phenoxy) is 1. The van der Waals surface area contributed by atoms with E-state index >= 15 is 0 Å². The summed E-state index contributed by atoms with van der Waals surface area (Å²) < 4.78 is 20.8. The number of esters is 1. The van der Waals surface area contributed by atoms with Crippen LogP contribution in [-0.4, -0.2) is 15.7 Å². The predicted octanol–water partition coefficient (Wildman–Crippen LogP) is 5.21. The Balaban J connectivity index is 1.91. The minimum absolute atomic E-state index is 0.133. The first-order chi connectivity index (χ1) is 12.4. The smallest absolute Gasteiger partial charge is 0.347 e. The Morgan fingerprint density at radius 3 is 2.58 bits per heavy atom. The molecule has 134 valence electrons. The van der Waals surface area contributed by atoms with Crippen LogP contribution in [-0.2, 0) is 6.54 Å². The molecule has 1 aromatic heterocycles. The molecule has 2 aromatic carbocycles. The summed E-state index contributed by atoms with van der Waals surface area (Å²) in [6, 6.07) is 10.9. The van der Waals surface area contributed by atoms with Gasteiger partial charge < -0.3 is 4.74 Å². The van der Waals surface area contributed by atoms with E-state index in [9.17, 15) is 9.18 Å². The SMILES string of the molecule is Cc1nn(Cc2ccc(Cl)c(Cl)c2)c(OC(=O)c2ccccc2F)c1C. The number of benzene rings is 2. The maximum atomic E-state index is 13.8. The molecular formula is C19H15Cl2FN2O2. The second-order valence-corrected chi connectivity index (χ2v) is 6.61. The summed E-state index contributed by atoms with van der Waals surface area (Å²) in [5.74, 6) is -1.15. The first-order valence-electron chi connectivity index (χ1n) is 7.81. The molecule has 0 N–H and O–H groups in total. The van der Waals surface area contributed by atoms with E-state index in [0.717, 1.165) is 5.56 Å². The van der Waals surface area contributed by atoms with Crippen molar-refractivity contribution in [2.75, 3.05) is 0 Å². The van der Waals surface area contributed by atoms with Crippen molar-refractivity contribution in [3.8, 4) is 5.88 Å². The Morgan fingerprint density at radius 2 is 1.88 bits per heavy atom. The van der Waals surface area contributed by atoms with Crippen LogP contribution in [0.5, 0.6) is 5.88 Å². The number of halogens is 3. The summed E-state index contributed by atoms with van der Waals surface area (Å²) in [6.45, 7) is 3.92. The molecule has 7 heteroatoms. The van der Waals surface area contributed by atoms with Gasteiger partial charge >= 0.3 is 5.97 Å². The summed E-state index contributed by atoms with van der Waals surface area (Å²) >= 11 is 12.0. The molecule has 4 nitrogen and oxygen atoms in total. The van der Waals surface area contributed by atoms with Gasteiger partial charge in [-0.15, -0.1) is 0 Å². The topological polar surface area (TPSA) is 44.1 Å². The van der Waals surface area contributed by atoms with Crippen LogP contribution < -0.4 is 4.74 Å². The molecule has 0 aliphatic heterocycles. The Hall–Kier alpha value is -2.37. The Bertz CT molecular complexity index is 986. The lowest BCUT2D eigenvalue weighted by molar-refractivity contribution is 0.0712. The van der Waals surface area contributed by atoms with Crippen molar-refractivity contribution in [3.05, 3.63) is 80.7 Å². The van der Waals surface area contributed by atoms with Crippen molar-refractivity contribution in [3.63, 3.8) is 0 Å². The number of aryl methyl sites for hydroxylation is 1. The maximum absolute atomic E-state index is 13.8. The number of hydrogen-bond acceptors (Lipinski definition) is 3. The summed E-state index contributed by atoms with van der Waals surface area (Å²) in [5, 5.41) is 5.28. The lowest BCUT2D eigenvalue weighted by Gasteiger charge is -2.10. The highest BCUT2D eigenvalue weighted by Crippen LogP contribution is 2.26. The minimum Gasteiger partial charge on any atom is -0.404 e. The van der Waals surface area contributed by atoms with Crippen LogP contribution in [0.25, 0.3) is 0 Å². The second kappa shape index (κ2) is 7.48. The molecule has 0 unspecified atom stereocenters. The van der Waals surface area contributed by atoms with Crippen molar-refractivity contribution >= 4 is 29.2 Å². The summed E-state index contributed by atoms with van der Waals surface area (Å²) in [6.07, 6.45) is 0. The highest BCUT2D eigenvalue weighted by molar-refractivity contribution is 6.42.